The molecule has 30 heavy (non-hydrogen) atoms. The zero-order chi connectivity index (χ0) is 21.7. The number of hydrogen-bond acceptors (Lipinski definition) is 1. The van der Waals surface area contributed by atoms with Gasteiger partial charge in [0, 0.05) is 0 Å². The van der Waals surface area contributed by atoms with E-state index in [9.17, 15) is 5.11 Å². The van der Waals surface area contributed by atoms with Crippen molar-refractivity contribution < 1.29 is 5.11 Å². The highest BCUT2D eigenvalue weighted by Crippen LogP contribution is 2.66. The molecule has 0 spiro atoms. The van der Waals surface area contributed by atoms with Gasteiger partial charge in [0.1, 0.15) is 0 Å². The van der Waals surface area contributed by atoms with Crippen LogP contribution in [0.4, 0.5) is 0 Å². The summed E-state index contributed by atoms with van der Waals surface area (Å²) in [5, 5.41) is 10.3. The second-order valence-electron chi connectivity index (χ2n) is 12.4. The smallest absolute Gasteiger partial charge is 0.0543 e. The van der Waals surface area contributed by atoms with Crippen LogP contribution in [0.15, 0.2) is 23.8 Å². The molecule has 0 aromatic heterocycles. The normalized spacial score (nSPS) is 45.6. The summed E-state index contributed by atoms with van der Waals surface area (Å²) >= 11 is 0. The third-order valence-corrected chi connectivity index (χ3v) is 10.7. The molecule has 4 rings (SSSR count). The van der Waals surface area contributed by atoms with Gasteiger partial charge in [0.15, 0.2) is 0 Å². The van der Waals surface area contributed by atoms with Gasteiger partial charge in [0.05, 0.1) is 6.10 Å². The molecule has 1 heteroatoms. The fourth-order valence-corrected chi connectivity index (χ4v) is 8.69. The standard InChI is InChI=1S/C29H48O/c1-7-21(19(2)3)9-8-20(4)25-12-13-26-24-11-10-22-18-23(30)14-16-28(22,5)27(24)15-17-29(25,26)6/h8-9,15,19-26,30H,7,10-14,16-18H2,1-6H3/b9-8+. The Morgan fingerprint density at radius 1 is 1.07 bits per heavy atom. The largest absolute Gasteiger partial charge is 0.393 e. The Morgan fingerprint density at radius 2 is 1.83 bits per heavy atom. The van der Waals surface area contributed by atoms with Crippen LogP contribution in [0.1, 0.15) is 99.3 Å². The highest BCUT2D eigenvalue weighted by atomic mass is 16.3. The van der Waals surface area contributed by atoms with Crippen molar-refractivity contribution in [2.75, 3.05) is 0 Å². The van der Waals surface area contributed by atoms with E-state index in [0.717, 1.165) is 42.4 Å². The van der Waals surface area contributed by atoms with E-state index in [2.05, 4.69) is 59.8 Å². The fraction of sp³-hybridized carbons (Fsp3) is 0.862. The molecule has 0 amide bonds. The molecule has 3 fully saturated rings. The van der Waals surface area contributed by atoms with Crippen molar-refractivity contribution in [3.8, 4) is 0 Å². The van der Waals surface area contributed by atoms with E-state index in [0.29, 0.717) is 22.7 Å². The molecule has 0 aliphatic heterocycles. The van der Waals surface area contributed by atoms with Crippen molar-refractivity contribution in [2.24, 2.45) is 52.3 Å². The van der Waals surface area contributed by atoms with E-state index >= 15 is 0 Å². The maximum atomic E-state index is 10.3. The predicted molar refractivity (Wildman–Crippen MR) is 128 cm³/mol. The molecular weight excluding hydrogens is 364 g/mol. The SMILES string of the molecule is CCC(/C=C/C(C)C1CCC2C3CCC4CC(O)CCC4(C)C3=CCC12C)C(C)C. The minimum Gasteiger partial charge on any atom is -0.393 e. The molecule has 1 N–H and O–H groups in total. The molecule has 0 aromatic carbocycles. The van der Waals surface area contributed by atoms with Gasteiger partial charge in [-0.2, -0.15) is 0 Å². The molecule has 0 heterocycles. The van der Waals surface area contributed by atoms with Crippen molar-refractivity contribution in [1.29, 1.82) is 0 Å². The Kier molecular flexibility index (Phi) is 6.35. The summed E-state index contributed by atoms with van der Waals surface area (Å²) in [5.74, 6) is 5.42. The molecule has 0 aromatic rings. The first kappa shape index (κ1) is 22.6. The molecular formula is C29H48O. The van der Waals surface area contributed by atoms with E-state index in [4.69, 9.17) is 0 Å². The molecule has 9 atom stereocenters. The lowest BCUT2D eigenvalue weighted by molar-refractivity contribution is -0.0141. The van der Waals surface area contributed by atoms with Crippen LogP contribution in [0.3, 0.4) is 0 Å². The third kappa shape index (κ3) is 3.66. The van der Waals surface area contributed by atoms with Gasteiger partial charge in [0.25, 0.3) is 0 Å². The highest BCUT2D eigenvalue weighted by Gasteiger charge is 2.57. The third-order valence-electron chi connectivity index (χ3n) is 10.7. The van der Waals surface area contributed by atoms with E-state index in [-0.39, 0.29) is 6.10 Å². The summed E-state index contributed by atoms with van der Waals surface area (Å²) in [6, 6.07) is 0. The Labute approximate surface area is 186 Å². The van der Waals surface area contributed by atoms with Crippen molar-refractivity contribution in [3.05, 3.63) is 23.8 Å². The first-order valence-corrected chi connectivity index (χ1v) is 13.3. The van der Waals surface area contributed by atoms with Crippen LogP contribution in [0.2, 0.25) is 0 Å². The number of allylic oxidation sites excluding steroid dienone is 4. The Balaban J connectivity index is 1.54. The van der Waals surface area contributed by atoms with Gasteiger partial charge in [-0.1, -0.05) is 65.3 Å². The number of fused-ring (bicyclic) bond motifs is 5. The fourth-order valence-electron chi connectivity index (χ4n) is 8.69. The molecule has 1 nitrogen and oxygen atoms in total. The molecule has 0 bridgehead atoms. The summed E-state index contributed by atoms with van der Waals surface area (Å²) in [7, 11) is 0. The minimum atomic E-state index is -0.0460. The summed E-state index contributed by atoms with van der Waals surface area (Å²) in [4.78, 5) is 0. The Bertz CT molecular complexity index is 674. The quantitative estimate of drug-likeness (QED) is 0.457. The van der Waals surface area contributed by atoms with Gasteiger partial charge in [-0.05, 0) is 110 Å². The first-order chi connectivity index (χ1) is 14.2. The molecule has 170 valence electrons. The van der Waals surface area contributed by atoms with Crippen molar-refractivity contribution in [1.82, 2.24) is 0 Å². The number of aliphatic hydroxyl groups is 1. The summed E-state index contributed by atoms with van der Waals surface area (Å²) in [6.07, 6.45) is 19.2. The van der Waals surface area contributed by atoms with Gasteiger partial charge in [-0.25, -0.2) is 0 Å². The van der Waals surface area contributed by atoms with Crippen LogP contribution in [-0.2, 0) is 0 Å². The highest BCUT2D eigenvalue weighted by molar-refractivity contribution is 5.29. The second kappa shape index (κ2) is 8.42. The van der Waals surface area contributed by atoms with Crippen molar-refractivity contribution in [3.63, 3.8) is 0 Å². The molecule has 9 unspecified atom stereocenters. The van der Waals surface area contributed by atoms with Crippen LogP contribution >= 0.6 is 0 Å². The summed E-state index contributed by atoms with van der Waals surface area (Å²) < 4.78 is 0. The van der Waals surface area contributed by atoms with Gasteiger partial charge in [-0.3, -0.25) is 0 Å². The summed E-state index contributed by atoms with van der Waals surface area (Å²) in [6.45, 7) is 14.8. The zero-order valence-electron chi connectivity index (χ0n) is 20.7. The predicted octanol–water partition coefficient (Wildman–Crippen LogP) is 7.80. The average Bonchev–Trinajstić information content (AvgIpc) is 3.06. The molecule has 0 saturated heterocycles. The lowest BCUT2D eigenvalue weighted by Gasteiger charge is -2.57. The molecule has 3 saturated carbocycles. The number of hydrogen-bond donors (Lipinski definition) is 1. The first-order valence-electron chi connectivity index (χ1n) is 13.3. The van der Waals surface area contributed by atoms with Crippen molar-refractivity contribution >= 4 is 0 Å². The van der Waals surface area contributed by atoms with Gasteiger partial charge < -0.3 is 5.11 Å². The topological polar surface area (TPSA) is 20.2 Å². The van der Waals surface area contributed by atoms with Crippen LogP contribution < -0.4 is 0 Å². The van der Waals surface area contributed by atoms with Crippen molar-refractivity contribution in [2.45, 2.75) is 105 Å². The van der Waals surface area contributed by atoms with E-state index in [1.807, 2.05) is 5.57 Å². The zero-order valence-corrected chi connectivity index (χ0v) is 20.7. The average molecular weight is 413 g/mol. The monoisotopic (exact) mass is 412 g/mol. The Hall–Kier alpha value is -0.560. The molecule has 4 aliphatic carbocycles. The summed E-state index contributed by atoms with van der Waals surface area (Å²) in [5.41, 5.74) is 2.68. The molecule has 4 aliphatic rings. The maximum absolute atomic E-state index is 10.3. The Morgan fingerprint density at radius 3 is 2.53 bits per heavy atom. The second-order valence-corrected chi connectivity index (χ2v) is 12.4. The number of rotatable bonds is 5. The van der Waals surface area contributed by atoms with E-state index in [1.165, 1.54) is 44.9 Å². The minimum absolute atomic E-state index is 0.0460. The van der Waals surface area contributed by atoms with Crippen LogP contribution in [0, 0.1) is 52.3 Å². The van der Waals surface area contributed by atoms with E-state index in [1.54, 1.807) is 0 Å². The lowest BCUT2D eigenvalue weighted by Crippen LogP contribution is -2.48. The lowest BCUT2D eigenvalue weighted by atomic mass is 9.48. The van der Waals surface area contributed by atoms with Gasteiger partial charge in [0.2, 0.25) is 0 Å². The maximum Gasteiger partial charge on any atom is 0.0543 e. The van der Waals surface area contributed by atoms with Crippen LogP contribution in [0.25, 0.3) is 0 Å². The number of aliphatic hydroxyl groups excluding tert-OH is 1. The van der Waals surface area contributed by atoms with Gasteiger partial charge >= 0.3 is 0 Å². The van der Waals surface area contributed by atoms with Gasteiger partial charge in [-0.15, -0.1) is 0 Å². The van der Waals surface area contributed by atoms with Crippen LogP contribution in [-0.4, -0.2) is 11.2 Å². The van der Waals surface area contributed by atoms with E-state index < -0.39 is 0 Å². The van der Waals surface area contributed by atoms with Crippen LogP contribution in [0.5, 0.6) is 0 Å². The molecule has 0 radical (unpaired) electrons.